The molecule has 0 bridgehead atoms. The van der Waals surface area contributed by atoms with E-state index >= 15 is 0 Å². The fourth-order valence-electron chi connectivity index (χ4n) is 1.48. The van der Waals surface area contributed by atoms with Crippen LogP contribution in [0, 0.1) is 0 Å². The molecule has 0 saturated heterocycles. The molecule has 0 radical (unpaired) electrons. The van der Waals surface area contributed by atoms with E-state index in [9.17, 15) is 24.6 Å². The quantitative estimate of drug-likeness (QED) is 0.453. The highest BCUT2D eigenvalue weighted by Crippen LogP contribution is 2.19. The molecule has 0 aliphatic heterocycles. The smallest absolute Gasteiger partial charge is 0.343 e. The number of aliphatic hydroxyl groups excluding tert-OH is 1. The molecular formula is C11H13N3O7. The van der Waals surface area contributed by atoms with Gasteiger partial charge in [0.05, 0.1) is 12.3 Å². The van der Waals surface area contributed by atoms with E-state index in [1.807, 2.05) is 0 Å². The third-order valence-corrected chi connectivity index (χ3v) is 2.34. The monoisotopic (exact) mass is 299 g/mol. The van der Waals surface area contributed by atoms with Crippen LogP contribution in [0.3, 0.4) is 0 Å². The van der Waals surface area contributed by atoms with Gasteiger partial charge >= 0.3 is 11.9 Å². The second-order valence-corrected chi connectivity index (χ2v) is 3.83. The van der Waals surface area contributed by atoms with Crippen molar-refractivity contribution in [1.82, 2.24) is 9.97 Å². The predicted octanol–water partition coefficient (Wildman–Crippen LogP) is -1.55. The number of aromatic nitrogens is 2. The maximum absolute atomic E-state index is 11.3. The molecule has 1 heterocycles. The Morgan fingerprint density at radius 3 is 2.43 bits per heavy atom. The Bertz CT molecular complexity index is 587. The molecule has 0 spiro atoms. The summed E-state index contributed by atoms with van der Waals surface area (Å²) in [5.41, 5.74) is 3.79. The first-order valence-corrected chi connectivity index (χ1v) is 5.75. The summed E-state index contributed by atoms with van der Waals surface area (Å²) in [7, 11) is 0. The van der Waals surface area contributed by atoms with Gasteiger partial charge in [-0.05, 0) is 6.92 Å². The Morgan fingerprint density at radius 2 is 1.95 bits per heavy atom. The molecule has 1 atom stereocenters. The lowest BCUT2D eigenvalue weighted by Crippen LogP contribution is -2.28. The molecule has 1 unspecified atom stereocenters. The highest BCUT2D eigenvalue weighted by atomic mass is 16.5. The number of nitrogens with zero attached hydrogens (tertiary/aromatic N) is 2. The number of carbonyl (C=O) groups is 3. The summed E-state index contributed by atoms with van der Waals surface area (Å²) in [6.07, 6.45) is -2.30. The van der Waals surface area contributed by atoms with Crippen LogP contribution < -0.4 is 5.73 Å². The van der Waals surface area contributed by atoms with Crippen LogP contribution in [-0.2, 0) is 16.0 Å². The van der Waals surface area contributed by atoms with E-state index in [0.717, 1.165) is 0 Å². The maximum Gasteiger partial charge on any atom is 0.343 e. The number of hydrogen-bond donors (Lipinski definition) is 4. The first-order chi connectivity index (χ1) is 9.77. The third-order valence-electron chi connectivity index (χ3n) is 2.34. The van der Waals surface area contributed by atoms with Crippen LogP contribution in [0.1, 0.15) is 33.6 Å². The van der Waals surface area contributed by atoms with E-state index in [0.29, 0.717) is 0 Å². The van der Waals surface area contributed by atoms with Crippen LogP contribution in [0.4, 0.5) is 0 Å². The number of aliphatic hydroxyl groups is 1. The van der Waals surface area contributed by atoms with E-state index in [1.54, 1.807) is 0 Å². The molecule has 0 aliphatic carbocycles. The summed E-state index contributed by atoms with van der Waals surface area (Å²) in [5.74, 6) is -5.31. The Balaban J connectivity index is 3.22. The average Bonchev–Trinajstić information content (AvgIpc) is 2.37. The molecule has 0 aromatic carbocycles. The number of ether oxygens (including phenoxy) is 1. The second-order valence-electron chi connectivity index (χ2n) is 3.83. The molecule has 10 heteroatoms. The zero-order valence-corrected chi connectivity index (χ0v) is 10.9. The molecular weight excluding hydrogens is 286 g/mol. The van der Waals surface area contributed by atoms with Gasteiger partial charge < -0.3 is 25.8 Å². The Kier molecular flexibility index (Phi) is 5.13. The summed E-state index contributed by atoms with van der Waals surface area (Å²) in [6, 6.07) is 0. The first kappa shape index (κ1) is 16.3. The van der Waals surface area contributed by atoms with Crippen molar-refractivity contribution in [3.05, 3.63) is 17.1 Å². The van der Waals surface area contributed by atoms with E-state index in [2.05, 4.69) is 14.7 Å². The zero-order chi connectivity index (χ0) is 16.2. The van der Waals surface area contributed by atoms with Gasteiger partial charge in [0, 0.05) is 6.42 Å². The Labute approximate surface area is 118 Å². The van der Waals surface area contributed by atoms with Crippen molar-refractivity contribution in [2.45, 2.75) is 19.4 Å². The molecule has 21 heavy (non-hydrogen) atoms. The molecule has 0 aliphatic rings. The predicted molar refractivity (Wildman–Crippen MR) is 65.5 cm³/mol. The lowest BCUT2D eigenvalue weighted by Gasteiger charge is -2.12. The van der Waals surface area contributed by atoms with Gasteiger partial charge in [-0.15, -0.1) is 0 Å². The number of rotatable bonds is 6. The van der Waals surface area contributed by atoms with Gasteiger partial charge in [0.15, 0.2) is 6.10 Å². The normalized spacial score (nSPS) is 11.7. The summed E-state index contributed by atoms with van der Waals surface area (Å²) >= 11 is 0. The highest BCUT2D eigenvalue weighted by Gasteiger charge is 2.26. The van der Waals surface area contributed by atoms with Gasteiger partial charge in [0.25, 0.3) is 5.91 Å². The van der Waals surface area contributed by atoms with Gasteiger partial charge in [-0.1, -0.05) is 0 Å². The number of aromatic hydroxyl groups is 1. The number of carboxylic acids is 1. The Morgan fingerprint density at radius 1 is 1.33 bits per heavy atom. The number of esters is 1. The van der Waals surface area contributed by atoms with Gasteiger partial charge in [0.1, 0.15) is 5.56 Å². The summed E-state index contributed by atoms with van der Waals surface area (Å²) in [6.45, 7) is 1.54. The second kappa shape index (κ2) is 6.61. The summed E-state index contributed by atoms with van der Waals surface area (Å²) in [4.78, 5) is 40.1. The van der Waals surface area contributed by atoms with Crippen LogP contribution in [0.2, 0.25) is 0 Å². The largest absolute Gasteiger partial charge is 0.493 e. The molecule has 10 nitrogen and oxygen atoms in total. The standard InChI is InChI=1S/C11H13N3O7/c1-2-21-11(20)5(15)3-4-6(10(18)19)9(17)14-8(13-4)7(12)16/h5,15H,2-3H2,1H3,(H2,12,16)(H,18,19)(H,13,14,17). The van der Waals surface area contributed by atoms with Gasteiger partial charge in [0.2, 0.25) is 11.7 Å². The topological polar surface area (TPSA) is 173 Å². The minimum Gasteiger partial charge on any atom is -0.493 e. The van der Waals surface area contributed by atoms with E-state index in [-0.39, 0.29) is 6.61 Å². The molecule has 1 amide bonds. The van der Waals surface area contributed by atoms with Crippen molar-refractivity contribution in [2.75, 3.05) is 6.61 Å². The van der Waals surface area contributed by atoms with Crippen LogP contribution in [0.15, 0.2) is 0 Å². The van der Waals surface area contributed by atoms with E-state index in [4.69, 9.17) is 10.8 Å². The fraction of sp³-hybridized carbons (Fsp3) is 0.364. The fourth-order valence-corrected chi connectivity index (χ4v) is 1.48. The number of aromatic carboxylic acids is 1. The minimum absolute atomic E-state index is 0.0171. The molecule has 5 N–H and O–H groups in total. The molecule has 1 aromatic rings. The summed E-state index contributed by atoms with van der Waals surface area (Å²) in [5, 5.41) is 28.1. The SMILES string of the molecule is CCOC(=O)C(O)Cc1nc(C(N)=O)nc(O)c1C(=O)O. The van der Waals surface area contributed by atoms with Gasteiger partial charge in [-0.3, -0.25) is 4.79 Å². The molecule has 0 fully saturated rings. The van der Waals surface area contributed by atoms with Crippen molar-refractivity contribution in [2.24, 2.45) is 5.73 Å². The highest BCUT2D eigenvalue weighted by molar-refractivity contribution is 5.94. The van der Waals surface area contributed by atoms with Crippen molar-refractivity contribution in [1.29, 1.82) is 0 Å². The maximum atomic E-state index is 11.3. The van der Waals surface area contributed by atoms with Crippen LogP contribution in [-0.4, -0.2) is 55.8 Å². The first-order valence-electron chi connectivity index (χ1n) is 5.75. The Hall–Kier alpha value is -2.75. The molecule has 0 saturated carbocycles. The number of carbonyl (C=O) groups excluding carboxylic acids is 2. The van der Waals surface area contributed by atoms with Gasteiger partial charge in [-0.25, -0.2) is 14.6 Å². The molecule has 114 valence electrons. The summed E-state index contributed by atoms with van der Waals surface area (Å²) < 4.78 is 4.55. The van der Waals surface area contributed by atoms with Gasteiger partial charge in [-0.2, -0.15) is 4.98 Å². The van der Waals surface area contributed by atoms with E-state index < -0.39 is 53.3 Å². The minimum atomic E-state index is -1.71. The van der Waals surface area contributed by atoms with E-state index in [1.165, 1.54) is 6.92 Å². The number of nitrogens with two attached hydrogens (primary N) is 1. The molecule has 1 aromatic heterocycles. The number of carboxylic acid groups (broad SMARTS) is 1. The number of amides is 1. The number of primary amides is 1. The molecule has 1 rings (SSSR count). The number of hydrogen-bond acceptors (Lipinski definition) is 8. The van der Waals surface area contributed by atoms with Crippen LogP contribution in [0.25, 0.3) is 0 Å². The lowest BCUT2D eigenvalue weighted by molar-refractivity contribution is -0.152. The van der Waals surface area contributed by atoms with Crippen molar-refractivity contribution < 1.29 is 34.4 Å². The van der Waals surface area contributed by atoms with Crippen molar-refractivity contribution in [3.63, 3.8) is 0 Å². The lowest BCUT2D eigenvalue weighted by atomic mass is 10.1. The average molecular weight is 299 g/mol. The van der Waals surface area contributed by atoms with Crippen molar-refractivity contribution in [3.8, 4) is 5.88 Å². The third kappa shape index (κ3) is 3.86. The van der Waals surface area contributed by atoms with Crippen LogP contribution in [0.5, 0.6) is 5.88 Å². The van der Waals surface area contributed by atoms with Crippen LogP contribution >= 0.6 is 0 Å². The zero-order valence-electron chi connectivity index (χ0n) is 10.9. The van der Waals surface area contributed by atoms with Crippen molar-refractivity contribution >= 4 is 17.8 Å².